The third-order valence-electron chi connectivity index (χ3n) is 4.21. The fourth-order valence-corrected chi connectivity index (χ4v) is 3.10. The second-order valence-corrected chi connectivity index (χ2v) is 5.56. The van der Waals surface area contributed by atoms with Crippen LogP contribution in [0.3, 0.4) is 0 Å². The molecular weight excluding hydrogens is 268 g/mol. The molecule has 1 N–H and O–H groups in total. The fraction of sp³-hybridized carbons (Fsp3) is 0.500. The summed E-state index contributed by atoms with van der Waals surface area (Å²) in [4.78, 5) is 13.9. The second kappa shape index (κ2) is 6.16. The number of nitrogens with zero attached hydrogens (tertiary/aromatic N) is 2. The summed E-state index contributed by atoms with van der Waals surface area (Å²) in [6.45, 7) is 1.77. The maximum absolute atomic E-state index is 12.0. The standard InChI is InChI=1S/C16H20N2O3/c19-16(18-9-1-2-10-18)11-21-15-8-4-5-12-13(15)6-3-7-14(12)17-20/h4-5,8,20H,1-3,6-7,9-11H2. The van der Waals surface area contributed by atoms with Gasteiger partial charge in [-0.05, 0) is 38.2 Å². The van der Waals surface area contributed by atoms with E-state index in [1.54, 1.807) is 0 Å². The number of hydrogen-bond donors (Lipinski definition) is 1. The molecule has 1 aromatic rings. The minimum atomic E-state index is 0.0527. The fourth-order valence-electron chi connectivity index (χ4n) is 3.10. The van der Waals surface area contributed by atoms with Gasteiger partial charge in [-0.3, -0.25) is 4.79 Å². The summed E-state index contributed by atoms with van der Waals surface area (Å²) in [5.74, 6) is 0.790. The van der Waals surface area contributed by atoms with Gasteiger partial charge in [0.2, 0.25) is 0 Å². The number of benzene rings is 1. The van der Waals surface area contributed by atoms with Crippen LogP contribution in [0.25, 0.3) is 0 Å². The zero-order chi connectivity index (χ0) is 14.7. The average molecular weight is 288 g/mol. The molecule has 1 heterocycles. The van der Waals surface area contributed by atoms with Crippen molar-refractivity contribution >= 4 is 11.6 Å². The van der Waals surface area contributed by atoms with E-state index in [-0.39, 0.29) is 12.5 Å². The summed E-state index contributed by atoms with van der Waals surface area (Å²) in [7, 11) is 0. The normalized spacial score (nSPS) is 19.6. The minimum absolute atomic E-state index is 0.0527. The maximum atomic E-state index is 12.0. The van der Waals surface area contributed by atoms with Gasteiger partial charge in [-0.1, -0.05) is 17.3 Å². The van der Waals surface area contributed by atoms with Crippen LogP contribution in [0.2, 0.25) is 0 Å². The largest absolute Gasteiger partial charge is 0.483 e. The molecule has 1 saturated heterocycles. The molecule has 2 aliphatic rings. The summed E-state index contributed by atoms with van der Waals surface area (Å²) in [6.07, 6.45) is 4.78. The smallest absolute Gasteiger partial charge is 0.260 e. The minimum Gasteiger partial charge on any atom is -0.483 e. The van der Waals surface area contributed by atoms with Crippen LogP contribution in [0.15, 0.2) is 23.4 Å². The van der Waals surface area contributed by atoms with Gasteiger partial charge in [0, 0.05) is 24.2 Å². The van der Waals surface area contributed by atoms with E-state index in [0.29, 0.717) is 5.71 Å². The van der Waals surface area contributed by atoms with E-state index in [2.05, 4.69) is 5.16 Å². The van der Waals surface area contributed by atoms with Crippen molar-refractivity contribution in [1.82, 2.24) is 4.90 Å². The Bertz CT molecular complexity index is 563. The molecule has 0 spiro atoms. The molecule has 0 bridgehead atoms. The number of carbonyl (C=O) groups excluding carboxylic acids is 1. The SMILES string of the molecule is O=C(COc1cccc2c1CCCC2=NO)N1CCCC1. The molecule has 112 valence electrons. The molecule has 0 unspecified atom stereocenters. The van der Waals surface area contributed by atoms with E-state index in [9.17, 15) is 4.79 Å². The van der Waals surface area contributed by atoms with Crippen LogP contribution in [0, 0.1) is 0 Å². The number of hydrogen-bond acceptors (Lipinski definition) is 4. The van der Waals surface area contributed by atoms with Gasteiger partial charge >= 0.3 is 0 Å². The van der Waals surface area contributed by atoms with Gasteiger partial charge in [-0.2, -0.15) is 0 Å². The van der Waals surface area contributed by atoms with Crippen molar-refractivity contribution in [2.24, 2.45) is 5.16 Å². The summed E-state index contributed by atoms with van der Waals surface area (Å²) in [6, 6.07) is 5.71. The summed E-state index contributed by atoms with van der Waals surface area (Å²) >= 11 is 0. The lowest BCUT2D eigenvalue weighted by Gasteiger charge is -2.21. The third-order valence-corrected chi connectivity index (χ3v) is 4.21. The van der Waals surface area contributed by atoms with Crippen molar-refractivity contribution < 1.29 is 14.7 Å². The topological polar surface area (TPSA) is 62.1 Å². The Balaban J connectivity index is 1.72. The van der Waals surface area contributed by atoms with Crippen molar-refractivity contribution in [3.63, 3.8) is 0 Å². The Morgan fingerprint density at radius 3 is 2.81 bits per heavy atom. The molecule has 0 saturated carbocycles. The predicted molar refractivity (Wildman–Crippen MR) is 79.0 cm³/mol. The first-order chi connectivity index (χ1) is 10.3. The lowest BCUT2D eigenvalue weighted by molar-refractivity contribution is -0.132. The van der Waals surface area contributed by atoms with Crippen molar-refractivity contribution in [3.05, 3.63) is 29.3 Å². The molecule has 3 rings (SSSR count). The zero-order valence-electron chi connectivity index (χ0n) is 12.0. The number of fused-ring (bicyclic) bond motifs is 1. The highest BCUT2D eigenvalue weighted by atomic mass is 16.5. The molecule has 1 fully saturated rings. The highest BCUT2D eigenvalue weighted by Crippen LogP contribution is 2.30. The molecule has 0 radical (unpaired) electrons. The molecule has 1 amide bonds. The molecule has 0 aromatic heterocycles. The van der Waals surface area contributed by atoms with Crippen LogP contribution in [0.5, 0.6) is 5.75 Å². The first-order valence-electron chi connectivity index (χ1n) is 7.53. The van der Waals surface area contributed by atoms with E-state index >= 15 is 0 Å². The van der Waals surface area contributed by atoms with Gasteiger partial charge in [-0.15, -0.1) is 0 Å². The summed E-state index contributed by atoms with van der Waals surface area (Å²) in [5, 5.41) is 12.5. The molecule has 1 aliphatic carbocycles. The Morgan fingerprint density at radius 2 is 2.05 bits per heavy atom. The second-order valence-electron chi connectivity index (χ2n) is 5.56. The molecule has 0 atom stereocenters. The first kappa shape index (κ1) is 13.9. The van der Waals surface area contributed by atoms with Crippen molar-refractivity contribution in [2.45, 2.75) is 32.1 Å². The van der Waals surface area contributed by atoms with Gasteiger partial charge in [-0.25, -0.2) is 0 Å². The van der Waals surface area contributed by atoms with Crippen LogP contribution in [-0.2, 0) is 11.2 Å². The Labute approximate surface area is 124 Å². The van der Waals surface area contributed by atoms with Crippen LogP contribution < -0.4 is 4.74 Å². The lowest BCUT2D eigenvalue weighted by Crippen LogP contribution is -2.32. The Kier molecular flexibility index (Phi) is 4.08. The third kappa shape index (κ3) is 2.86. The summed E-state index contributed by atoms with van der Waals surface area (Å²) < 4.78 is 5.74. The molecule has 5 nitrogen and oxygen atoms in total. The van der Waals surface area contributed by atoms with E-state index in [1.807, 2.05) is 23.1 Å². The van der Waals surface area contributed by atoms with Crippen LogP contribution in [0.1, 0.15) is 36.8 Å². The van der Waals surface area contributed by atoms with Crippen LogP contribution in [-0.4, -0.2) is 41.4 Å². The van der Waals surface area contributed by atoms with E-state index in [0.717, 1.165) is 62.1 Å². The highest BCUT2D eigenvalue weighted by Gasteiger charge is 2.22. The van der Waals surface area contributed by atoms with Gasteiger partial charge in [0.15, 0.2) is 6.61 Å². The predicted octanol–water partition coefficient (Wildman–Crippen LogP) is 2.20. The van der Waals surface area contributed by atoms with Gasteiger partial charge < -0.3 is 14.8 Å². The monoisotopic (exact) mass is 288 g/mol. The number of ether oxygens (including phenoxy) is 1. The maximum Gasteiger partial charge on any atom is 0.260 e. The van der Waals surface area contributed by atoms with E-state index in [4.69, 9.17) is 9.94 Å². The summed E-state index contributed by atoms with van der Waals surface area (Å²) in [5.41, 5.74) is 2.69. The number of amides is 1. The van der Waals surface area contributed by atoms with Gasteiger partial charge in [0.05, 0.1) is 5.71 Å². The number of oxime groups is 1. The molecule has 1 aromatic carbocycles. The van der Waals surface area contributed by atoms with Crippen molar-refractivity contribution in [1.29, 1.82) is 0 Å². The zero-order valence-corrected chi connectivity index (χ0v) is 12.0. The molecule has 1 aliphatic heterocycles. The molecule has 5 heteroatoms. The van der Waals surface area contributed by atoms with Crippen molar-refractivity contribution in [3.8, 4) is 5.75 Å². The number of likely N-dealkylation sites (tertiary alicyclic amines) is 1. The first-order valence-corrected chi connectivity index (χ1v) is 7.53. The lowest BCUT2D eigenvalue weighted by atomic mass is 9.89. The van der Waals surface area contributed by atoms with Crippen LogP contribution >= 0.6 is 0 Å². The number of rotatable bonds is 3. The van der Waals surface area contributed by atoms with Gasteiger partial charge in [0.25, 0.3) is 5.91 Å². The average Bonchev–Trinajstić information content (AvgIpc) is 3.06. The highest BCUT2D eigenvalue weighted by molar-refractivity contribution is 6.02. The molecule has 21 heavy (non-hydrogen) atoms. The van der Waals surface area contributed by atoms with Crippen molar-refractivity contribution in [2.75, 3.05) is 19.7 Å². The van der Waals surface area contributed by atoms with Gasteiger partial charge in [0.1, 0.15) is 5.75 Å². The Morgan fingerprint density at radius 1 is 1.24 bits per heavy atom. The molecular formula is C16H20N2O3. The van der Waals surface area contributed by atoms with Crippen LogP contribution in [0.4, 0.5) is 0 Å². The quantitative estimate of drug-likeness (QED) is 0.685. The Hall–Kier alpha value is -2.04. The van der Waals surface area contributed by atoms with E-state index < -0.39 is 0 Å². The number of carbonyl (C=O) groups is 1. The van der Waals surface area contributed by atoms with E-state index in [1.165, 1.54) is 0 Å².